The van der Waals surface area contributed by atoms with Crippen LogP contribution in [0.2, 0.25) is 5.15 Å². The number of pyridine rings is 1. The maximum Gasteiger partial charge on any atom is 0.153 e. The van der Waals surface area contributed by atoms with Gasteiger partial charge in [0, 0.05) is 18.5 Å². The van der Waals surface area contributed by atoms with E-state index in [1.54, 1.807) is 12.1 Å². The minimum atomic E-state index is -3.12. The molecular formula is C13H19ClN2O3S. The van der Waals surface area contributed by atoms with E-state index in [1.807, 2.05) is 0 Å². The first-order valence-corrected chi connectivity index (χ1v) is 9.01. The lowest BCUT2D eigenvalue weighted by Gasteiger charge is -2.37. The maximum atomic E-state index is 11.4. The minimum absolute atomic E-state index is 0.0955. The Balaban J connectivity index is 2.31. The molecule has 1 aliphatic rings. The van der Waals surface area contributed by atoms with Crippen LogP contribution >= 0.6 is 11.6 Å². The number of anilines is 1. The molecule has 1 atom stereocenters. The van der Waals surface area contributed by atoms with E-state index in [0.717, 1.165) is 18.7 Å². The lowest BCUT2D eigenvalue weighted by atomic mass is 10.1. The van der Waals surface area contributed by atoms with Crippen molar-refractivity contribution in [2.45, 2.75) is 25.1 Å². The number of morpholine rings is 1. The highest BCUT2D eigenvalue weighted by Crippen LogP contribution is 2.25. The van der Waals surface area contributed by atoms with E-state index >= 15 is 0 Å². The number of nitrogens with zero attached hydrogens (tertiary/aromatic N) is 2. The summed E-state index contributed by atoms with van der Waals surface area (Å²) < 4.78 is 28.3. The summed E-state index contributed by atoms with van der Waals surface area (Å²) in [5.41, 5.74) is 1.40. The van der Waals surface area contributed by atoms with Gasteiger partial charge in [-0.05, 0) is 18.6 Å². The first-order chi connectivity index (χ1) is 9.39. The van der Waals surface area contributed by atoms with Crippen molar-refractivity contribution in [1.29, 1.82) is 0 Å². The van der Waals surface area contributed by atoms with Crippen molar-refractivity contribution in [1.82, 2.24) is 4.98 Å². The fraction of sp³-hybridized carbons (Fsp3) is 0.615. The Labute approximate surface area is 124 Å². The Bertz CT molecular complexity index is 577. The lowest BCUT2D eigenvalue weighted by Crippen LogP contribution is -2.45. The van der Waals surface area contributed by atoms with Gasteiger partial charge in [-0.1, -0.05) is 18.5 Å². The molecule has 0 spiro atoms. The Morgan fingerprint density at radius 3 is 2.90 bits per heavy atom. The summed E-state index contributed by atoms with van der Waals surface area (Å²) in [6, 6.07) is 3.87. The summed E-state index contributed by atoms with van der Waals surface area (Å²) in [6.07, 6.45) is 2.15. The van der Waals surface area contributed by atoms with Crippen molar-refractivity contribution in [3.63, 3.8) is 0 Å². The summed E-state index contributed by atoms with van der Waals surface area (Å²) >= 11 is 6.03. The minimum Gasteiger partial charge on any atom is -0.377 e. The van der Waals surface area contributed by atoms with Gasteiger partial charge in [0.25, 0.3) is 0 Å². The molecule has 20 heavy (non-hydrogen) atoms. The van der Waals surface area contributed by atoms with E-state index in [1.165, 1.54) is 6.26 Å². The highest BCUT2D eigenvalue weighted by molar-refractivity contribution is 7.89. The Kier molecular flexibility index (Phi) is 4.88. The fourth-order valence-corrected chi connectivity index (χ4v) is 3.28. The van der Waals surface area contributed by atoms with Crippen LogP contribution in [0.3, 0.4) is 0 Å². The average molecular weight is 319 g/mol. The SMILES string of the molecule is CC[C@H]1COCCN1c1cc(Cl)nc(CS(C)(=O)=O)c1. The van der Waals surface area contributed by atoms with Crippen molar-refractivity contribution in [3.05, 3.63) is 23.0 Å². The van der Waals surface area contributed by atoms with E-state index < -0.39 is 9.84 Å². The van der Waals surface area contributed by atoms with Crippen molar-refractivity contribution in [3.8, 4) is 0 Å². The molecule has 2 rings (SSSR count). The van der Waals surface area contributed by atoms with Gasteiger partial charge in [0.05, 0.1) is 30.7 Å². The molecule has 0 radical (unpaired) electrons. The van der Waals surface area contributed by atoms with Crippen LogP contribution in [-0.4, -0.2) is 45.5 Å². The molecule has 0 bridgehead atoms. The zero-order valence-electron chi connectivity index (χ0n) is 11.7. The zero-order chi connectivity index (χ0) is 14.8. The van der Waals surface area contributed by atoms with E-state index in [0.29, 0.717) is 24.1 Å². The fourth-order valence-electron chi connectivity index (χ4n) is 2.38. The van der Waals surface area contributed by atoms with Gasteiger partial charge in [0.2, 0.25) is 0 Å². The predicted molar refractivity (Wildman–Crippen MR) is 80.0 cm³/mol. The molecule has 0 N–H and O–H groups in total. The van der Waals surface area contributed by atoms with Gasteiger partial charge in [0.15, 0.2) is 9.84 Å². The van der Waals surface area contributed by atoms with Gasteiger partial charge in [-0.2, -0.15) is 0 Å². The van der Waals surface area contributed by atoms with Crippen LogP contribution in [0.1, 0.15) is 19.0 Å². The molecule has 1 saturated heterocycles. The number of rotatable bonds is 4. The highest BCUT2D eigenvalue weighted by atomic mass is 35.5. The molecule has 112 valence electrons. The smallest absolute Gasteiger partial charge is 0.153 e. The normalized spacial score (nSPS) is 20.1. The molecule has 1 fully saturated rings. The maximum absolute atomic E-state index is 11.4. The zero-order valence-corrected chi connectivity index (χ0v) is 13.2. The predicted octanol–water partition coefficient (Wildman–Crippen LogP) is 1.89. The van der Waals surface area contributed by atoms with Crippen molar-refractivity contribution in [2.75, 3.05) is 30.9 Å². The molecular weight excluding hydrogens is 300 g/mol. The molecule has 0 aliphatic carbocycles. The number of ether oxygens (including phenoxy) is 1. The van der Waals surface area contributed by atoms with Crippen molar-refractivity contribution >= 4 is 27.1 Å². The number of hydrogen-bond donors (Lipinski definition) is 0. The third kappa shape index (κ3) is 4.07. The van der Waals surface area contributed by atoms with Crippen LogP contribution in [0.4, 0.5) is 5.69 Å². The highest BCUT2D eigenvalue weighted by Gasteiger charge is 2.22. The van der Waals surface area contributed by atoms with Gasteiger partial charge >= 0.3 is 0 Å². The Morgan fingerprint density at radius 2 is 2.25 bits per heavy atom. The molecule has 2 heterocycles. The standard InChI is InChI=1S/C13H19ClN2O3S/c1-3-11-8-19-5-4-16(11)12-6-10(9-20(2,17)18)15-13(14)7-12/h6-7,11H,3-5,8-9H2,1-2H3/t11-/m0/s1. The molecule has 0 unspecified atom stereocenters. The second kappa shape index (κ2) is 6.28. The number of hydrogen-bond acceptors (Lipinski definition) is 5. The third-order valence-corrected chi connectivity index (χ3v) is 4.29. The second-order valence-corrected chi connectivity index (χ2v) is 7.57. The molecule has 1 aromatic rings. The first-order valence-electron chi connectivity index (χ1n) is 6.57. The van der Waals surface area contributed by atoms with E-state index in [-0.39, 0.29) is 11.8 Å². The summed E-state index contributed by atoms with van der Waals surface area (Å²) in [6.45, 7) is 4.22. The molecule has 0 aromatic carbocycles. The monoisotopic (exact) mass is 318 g/mol. The summed E-state index contributed by atoms with van der Waals surface area (Å²) in [4.78, 5) is 6.30. The number of halogens is 1. The number of sulfone groups is 1. The molecule has 1 aliphatic heterocycles. The lowest BCUT2D eigenvalue weighted by molar-refractivity contribution is 0.0930. The second-order valence-electron chi connectivity index (χ2n) is 5.04. The van der Waals surface area contributed by atoms with E-state index in [2.05, 4.69) is 16.8 Å². The number of aromatic nitrogens is 1. The van der Waals surface area contributed by atoms with Crippen LogP contribution < -0.4 is 4.90 Å². The third-order valence-electron chi connectivity index (χ3n) is 3.27. The average Bonchev–Trinajstić information content (AvgIpc) is 2.36. The topological polar surface area (TPSA) is 59.5 Å². The molecule has 0 amide bonds. The van der Waals surface area contributed by atoms with Crippen LogP contribution in [0.25, 0.3) is 0 Å². The Morgan fingerprint density at radius 1 is 1.50 bits per heavy atom. The van der Waals surface area contributed by atoms with Gasteiger partial charge in [0.1, 0.15) is 5.15 Å². The van der Waals surface area contributed by atoms with Crippen LogP contribution in [0.5, 0.6) is 0 Å². The molecule has 0 saturated carbocycles. The molecule has 5 nitrogen and oxygen atoms in total. The Hall–Kier alpha value is -0.850. The quantitative estimate of drug-likeness (QED) is 0.794. The van der Waals surface area contributed by atoms with E-state index in [9.17, 15) is 8.42 Å². The summed E-state index contributed by atoms with van der Waals surface area (Å²) in [5, 5.41) is 0.322. The van der Waals surface area contributed by atoms with Gasteiger partial charge in [-0.3, -0.25) is 0 Å². The van der Waals surface area contributed by atoms with Crippen LogP contribution in [-0.2, 0) is 20.3 Å². The van der Waals surface area contributed by atoms with Crippen LogP contribution in [0.15, 0.2) is 12.1 Å². The summed E-state index contributed by atoms with van der Waals surface area (Å²) in [7, 11) is -3.12. The first kappa shape index (κ1) is 15.5. The van der Waals surface area contributed by atoms with Gasteiger partial charge in [-0.15, -0.1) is 0 Å². The van der Waals surface area contributed by atoms with Gasteiger partial charge in [-0.25, -0.2) is 13.4 Å². The van der Waals surface area contributed by atoms with Crippen molar-refractivity contribution < 1.29 is 13.2 Å². The summed E-state index contributed by atoms with van der Waals surface area (Å²) in [5.74, 6) is -0.0955. The molecule has 1 aromatic heterocycles. The van der Waals surface area contributed by atoms with Crippen molar-refractivity contribution in [2.24, 2.45) is 0 Å². The molecule has 7 heteroatoms. The largest absolute Gasteiger partial charge is 0.377 e. The van der Waals surface area contributed by atoms with E-state index in [4.69, 9.17) is 16.3 Å². The van der Waals surface area contributed by atoms with Crippen LogP contribution in [0, 0.1) is 0 Å². The van der Waals surface area contributed by atoms with Gasteiger partial charge < -0.3 is 9.64 Å².